The monoisotopic (exact) mass is 195 g/mol. The van der Waals surface area contributed by atoms with Crippen molar-refractivity contribution in [2.24, 2.45) is 0 Å². The minimum Gasteiger partial charge on any atom is -0.223 e. The van der Waals surface area contributed by atoms with Crippen LogP contribution < -0.4 is 0 Å². The average Bonchev–Trinajstić information content (AvgIpc) is 2.53. The van der Waals surface area contributed by atoms with Crippen molar-refractivity contribution < 1.29 is 0 Å². The van der Waals surface area contributed by atoms with Crippen LogP contribution in [0.15, 0.2) is 18.7 Å². The van der Waals surface area contributed by atoms with E-state index in [0.717, 1.165) is 0 Å². The van der Waals surface area contributed by atoms with Crippen molar-refractivity contribution in [2.75, 3.05) is 0 Å². The van der Waals surface area contributed by atoms with E-state index >= 15 is 0 Å². The molecule has 66 valence electrons. The van der Waals surface area contributed by atoms with Gasteiger partial charge in [0, 0.05) is 6.07 Å². The molecular formula is C7H6ClN5. The van der Waals surface area contributed by atoms with Crippen LogP contribution >= 0.6 is 11.6 Å². The second-order valence-corrected chi connectivity index (χ2v) is 2.82. The lowest BCUT2D eigenvalue weighted by Gasteiger charge is -2.00. The van der Waals surface area contributed by atoms with Crippen LogP contribution in [0.4, 0.5) is 0 Å². The zero-order chi connectivity index (χ0) is 9.26. The van der Waals surface area contributed by atoms with Gasteiger partial charge in [0.1, 0.15) is 23.6 Å². The number of rotatable bonds is 1. The highest BCUT2D eigenvalue weighted by atomic mass is 35.5. The highest BCUT2D eigenvalue weighted by molar-refractivity contribution is 6.29. The van der Waals surface area contributed by atoms with Crippen LogP contribution in [0, 0.1) is 6.92 Å². The maximum atomic E-state index is 5.75. The lowest BCUT2D eigenvalue weighted by molar-refractivity contribution is 0.827. The Morgan fingerprint density at radius 1 is 1.38 bits per heavy atom. The summed E-state index contributed by atoms with van der Waals surface area (Å²) in [6.45, 7) is 1.77. The first-order valence-corrected chi connectivity index (χ1v) is 4.00. The summed E-state index contributed by atoms with van der Waals surface area (Å²) in [5.74, 6) is 1.23. The summed E-state index contributed by atoms with van der Waals surface area (Å²) < 4.78 is 1.53. The van der Waals surface area contributed by atoms with Gasteiger partial charge in [-0.15, -0.1) is 0 Å². The molecule has 0 aliphatic carbocycles. The van der Waals surface area contributed by atoms with Crippen molar-refractivity contribution in [1.82, 2.24) is 24.7 Å². The summed E-state index contributed by atoms with van der Waals surface area (Å²) in [7, 11) is 0. The second kappa shape index (κ2) is 3.10. The van der Waals surface area contributed by atoms with Gasteiger partial charge < -0.3 is 0 Å². The molecule has 0 bridgehead atoms. The van der Waals surface area contributed by atoms with Crippen LogP contribution in [-0.2, 0) is 0 Å². The standard InChI is InChI=1S/C7H6ClN5/c1-5-11-6(8)2-7(12-5)13-4-9-3-10-13/h2-4H,1H3. The molecule has 0 fully saturated rings. The molecule has 0 spiro atoms. The van der Waals surface area contributed by atoms with Crippen LogP contribution in [0.1, 0.15) is 5.82 Å². The Morgan fingerprint density at radius 2 is 2.23 bits per heavy atom. The van der Waals surface area contributed by atoms with Gasteiger partial charge in [0.15, 0.2) is 5.82 Å². The van der Waals surface area contributed by atoms with Crippen molar-refractivity contribution in [2.45, 2.75) is 6.92 Å². The molecule has 5 nitrogen and oxygen atoms in total. The summed E-state index contributed by atoms with van der Waals surface area (Å²) in [4.78, 5) is 11.9. The summed E-state index contributed by atoms with van der Waals surface area (Å²) in [6, 6.07) is 1.63. The van der Waals surface area contributed by atoms with E-state index in [9.17, 15) is 0 Å². The van der Waals surface area contributed by atoms with Gasteiger partial charge in [0.25, 0.3) is 0 Å². The average molecular weight is 196 g/mol. The Labute approximate surface area is 79.4 Å². The maximum Gasteiger partial charge on any atom is 0.160 e. The van der Waals surface area contributed by atoms with Gasteiger partial charge in [-0.2, -0.15) is 5.10 Å². The minimum atomic E-state index is 0.401. The van der Waals surface area contributed by atoms with Crippen LogP contribution in [0.2, 0.25) is 5.15 Å². The highest BCUT2D eigenvalue weighted by Crippen LogP contribution is 2.09. The highest BCUT2D eigenvalue weighted by Gasteiger charge is 2.01. The lowest BCUT2D eigenvalue weighted by atomic mass is 10.5. The van der Waals surface area contributed by atoms with Crippen molar-refractivity contribution in [3.63, 3.8) is 0 Å². The molecule has 0 saturated carbocycles. The lowest BCUT2D eigenvalue weighted by Crippen LogP contribution is -2.00. The minimum absolute atomic E-state index is 0.401. The molecule has 2 aromatic rings. The Bertz CT molecular complexity index is 391. The number of nitrogens with zero attached hydrogens (tertiary/aromatic N) is 5. The SMILES string of the molecule is Cc1nc(Cl)cc(-n2cncn2)n1. The first-order chi connectivity index (χ1) is 6.25. The van der Waals surface area contributed by atoms with Gasteiger partial charge in [-0.25, -0.2) is 19.6 Å². The van der Waals surface area contributed by atoms with E-state index in [1.165, 1.54) is 11.0 Å². The van der Waals surface area contributed by atoms with Gasteiger partial charge >= 0.3 is 0 Å². The molecule has 2 rings (SSSR count). The Morgan fingerprint density at radius 3 is 2.85 bits per heavy atom. The summed E-state index contributed by atoms with van der Waals surface area (Å²) in [5.41, 5.74) is 0. The largest absolute Gasteiger partial charge is 0.223 e. The first kappa shape index (κ1) is 8.12. The third-order valence-corrected chi connectivity index (χ3v) is 1.64. The van der Waals surface area contributed by atoms with E-state index in [1.807, 2.05) is 0 Å². The van der Waals surface area contributed by atoms with Gasteiger partial charge in [-0.1, -0.05) is 11.6 Å². The molecule has 0 unspecified atom stereocenters. The number of halogens is 1. The molecule has 0 aliphatic rings. The van der Waals surface area contributed by atoms with Gasteiger partial charge in [0.05, 0.1) is 0 Å². The smallest absolute Gasteiger partial charge is 0.160 e. The van der Waals surface area contributed by atoms with Gasteiger partial charge in [-0.3, -0.25) is 0 Å². The van der Waals surface area contributed by atoms with E-state index in [4.69, 9.17) is 11.6 Å². The molecule has 0 aromatic carbocycles. The fourth-order valence-electron chi connectivity index (χ4n) is 0.960. The molecule has 0 N–H and O–H groups in total. The zero-order valence-electron chi connectivity index (χ0n) is 6.85. The topological polar surface area (TPSA) is 56.5 Å². The molecule has 0 radical (unpaired) electrons. The van der Waals surface area contributed by atoms with Gasteiger partial charge in [0.2, 0.25) is 0 Å². The molecule has 0 atom stereocenters. The predicted molar refractivity (Wildman–Crippen MR) is 46.7 cm³/mol. The summed E-state index contributed by atoms with van der Waals surface area (Å²) in [6.07, 6.45) is 2.99. The molecule has 2 heterocycles. The second-order valence-electron chi connectivity index (χ2n) is 2.44. The third kappa shape index (κ3) is 1.65. The van der Waals surface area contributed by atoms with Crippen LogP contribution in [0.5, 0.6) is 0 Å². The normalized spacial score (nSPS) is 10.3. The Hall–Kier alpha value is -1.49. The predicted octanol–water partition coefficient (Wildman–Crippen LogP) is 1.02. The number of hydrogen-bond donors (Lipinski definition) is 0. The van der Waals surface area contributed by atoms with E-state index in [0.29, 0.717) is 16.8 Å². The number of hydrogen-bond acceptors (Lipinski definition) is 4. The van der Waals surface area contributed by atoms with Crippen molar-refractivity contribution in [1.29, 1.82) is 0 Å². The zero-order valence-corrected chi connectivity index (χ0v) is 7.60. The van der Waals surface area contributed by atoms with Crippen molar-refractivity contribution >= 4 is 11.6 Å². The fraction of sp³-hybridized carbons (Fsp3) is 0.143. The fourth-order valence-corrected chi connectivity index (χ4v) is 1.18. The summed E-state index contributed by atoms with van der Waals surface area (Å²) >= 11 is 5.75. The van der Waals surface area contributed by atoms with Crippen LogP contribution in [-0.4, -0.2) is 24.7 Å². The summed E-state index contributed by atoms with van der Waals surface area (Å²) in [5, 5.41) is 4.33. The van der Waals surface area contributed by atoms with E-state index in [-0.39, 0.29) is 0 Å². The van der Waals surface area contributed by atoms with Crippen molar-refractivity contribution in [3.05, 3.63) is 29.7 Å². The molecule has 2 aromatic heterocycles. The van der Waals surface area contributed by atoms with E-state index in [2.05, 4.69) is 20.1 Å². The molecule has 13 heavy (non-hydrogen) atoms. The van der Waals surface area contributed by atoms with E-state index < -0.39 is 0 Å². The van der Waals surface area contributed by atoms with Crippen LogP contribution in [0.25, 0.3) is 5.82 Å². The molecule has 0 saturated heterocycles. The molecule has 0 amide bonds. The van der Waals surface area contributed by atoms with Gasteiger partial charge in [-0.05, 0) is 6.92 Å². The third-order valence-electron chi connectivity index (χ3n) is 1.45. The number of aryl methyl sites for hydroxylation is 1. The number of aromatic nitrogens is 5. The Balaban J connectivity index is 2.53. The first-order valence-electron chi connectivity index (χ1n) is 3.62. The van der Waals surface area contributed by atoms with E-state index in [1.54, 1.807) is 19.3 Å². The molecule has 0 aliphatic heterocycles. The quantitative estimate of drug-likeness (QED) is 0.638. The Kier molecular flexibility index (Phi) is 1.94. The maximum absolute atomic E-state index is 5.75. The van der Waals surface area contributed by atoms with Crippen molar-refractivity contribution in [3.8, 4) is 5.82 Å². The molecular weight excluding hydrogens is 190 g/mol. The molecule has 6 heteroatoms. The van der Waals surface area contributed by atoms with Crippen LogP contribution in [0.3, 0.4) is 0 Å².